The van der Waals surface area contributed by atoms with Crippen molar-refractivity contribution in [3.63, 3.8) is 0 Å². The first-order chi connectivity index (χ1) is 5.20. The van der Waals surface area contributed by atoms with Gasteiger partial charge in [0.2, 0.25) is 0 Å². The van der Waals surface area contributed by atoms with Crippen LogP contribution in [0.25, 0.3) is 0 Å². The zero-order valence-corrected chi connectivity index (χ0v) is 6.16. The lowest BCUT2D eigenvalue weighted by Crippen LogP contribution is -2.21. The number of fused-ring (bicyclic) bond motifs is 2. The monoisotopic (exact) mass is 158 g/mol. The molecular weight excluding hydrogens is 147 g/mol. The number of hydrogen-bond donors (Lipinski definition) is 1. The van der Waals surface area contributed by atoms with Gasteiger partial charge in [0.05, 0.1) is 5.92 Å². The Balaban J connectivity index is 2.14. The SMILES string of the molecule is O=C(O)[C@H]1C[C@H]2CC[C@H]1[C@@H]2F. The smallest absolute Gasteiger partial charge is 0.306 e. The summed E-state index contributed by atoms with van der Waals surface area (Å²) >= 11 is 0. The summed E-state index contributed by atoms with van der Waals surface area (Å²) in [5.74, 6) is -1.30. The number of alkyl halides is 1. The lowest BCUT2D eigenvalue weighted by atomic mass is 9.89. The number of hydrogen-bond acceptors (Lipinski definition) is 1. The molecule has 0 aromatic carbocycles. The quantitative estimate of drug-likeness (QED) is 0.627. The lowest BCUT2D eigenvalue weighted by Gasteiger charge is -2.15. The minimum Gasteiger partial charge on any atom is -0.481 e. The predicted molar refractivity (Wildman–Crippen MR) is 36.9 cm³/mol. The third-order valence-electron chi connectivity index (χ3n) is 3.12. The Bertz CT molecular complexity index is 193. The van der Waals surface area contributed by atoms with Crippen LogP contribution in [0.5, 0.6) is 0 Å². The summed E-state index contributed by atoms with van der Waals surface area (Å²) in [4.78, 5) is 10.6. The highest BCUT2D eigenvalue weighted by molar-refractivity contribution is 5.71. The van der Waals surface area contributed by atoms with Gasteiger partial charge in [-0.05, 0) is 25.2 Å². The molecule has 0 aliphatic heterocycles. The van der Waals surface area contributed by atoms with E-state index in [1.54, 1.807) is 0 Å². The maximum Gasteiger partial charge on any atom is 0.306 e. The molecule has 0 radical (unpaired) electrons. The first-order valence-electron chi connectivity index (χ1n) is 4.07. The second kappa shape index (κ2) is 2.19. The van der Waals surface area contributed by atoms with Crippen molar-refractivity contribution in [2.75, 3.05) is 0 Å². The fraction of sp³-hybridized carbons (Fsp3) is 0.875. The van der Waals surface area contributed by atoms with Crippen molar-refractivity contribution in [1.29, 1.82) is 0 Å². The first-order valence-corrected chi connectivity index (χ1v) is 4.07. The Morgan fingerprint density at radius 1 is 1.45 bits per heavy atom. The predicted octanol–water partition coefficient (Wildman–Crippen LogP) is 1.46. The van der Waals surface area contributed by atoms with E-state index >= 15 is 0 Å². The fourth-order valence-electron chi connectivity index (χ4n) is 2.53. The van der Waals surface area contributed by atoms with Crippen LogP contribution >= 0.6 is 0 Å². The number of carboxylic acid groups (broad SMARTS) is 1. The van der Waals surface area contributed by atoms with E-state index in [1.165, 1.54) is 0 Å². The van der Waals surface area contributed by atoms with Crippen molar-refractivity contribution >= 4 is 5.97 Å². The van der Waals surface area contributed by atoms with Crippen LogP contribution in [0.4, 0.5) is 4.39 Å². The van der Waals surface area contributed by atoms with E-state index in [0.717, 1.165) is 12.8 Å². The van der Waals surface area contributed by atoms with Crippen LogP contribution in [-0.2, 0) is 4.79 Å². The highest BCUT2D eigenvalue weighted by Gasteiger charge is 2.51. The summed E-state index contributed by atoms with van der Waals surface area (Å²) in [6, 6.07) is 0. The van der Waals surface area contributed by atoms with Gasteiger partial charge in [-0.25, -0.2) is 4.39 Å². The Morgan fingerprint density at radius 3 is 2.45 bits per heavy atom. The van der Waals surface area contributed by atoms with Crippen molar-refractivity contribution in [3.8, 4) is 0 Å². The van der Waals surface area contributed by atoms with Crippen LogP contribution in [0.1, 0.15) is 19.3 Å². The van der Waals surface area contributed by atoms with Gasteiger partial charge in [0, 0.05) is 5.92 Å². The average Bonchev–Trinajstić information content (AvgIpc) is 2.46. The summed E-state index contributed by atoms with van der Waals surface area (Å²) in [6.07, 6.45) is 1.43. The van der Waals surface area contributed by atoms with Crippen LogP contribution < -0.4 is 0 Å². The van der Waals surface area contributed by atoms with E-state index in [4.69, 9.17) is 5.11 Å². The molecule has 2 nitrogen and oxygen atoms in total. The maximum atomic E-state index is 13.1. The highest BCUT2D eigenvalue weighted by Crippen LogP contribution is 2.50. The van der Waals surface area contributed by atoms with Crippen LogP contribution in [0.3, 0.4) is 0 Å². The molecule has 2 fully saturated rings. The van der Waals surface area contributed by atoms with Gasteiger partial charge in [-0.3, -0.25) is 4.79 Å². The third-order valence-corrected chi connectivity index (χ3v) is 3.12. The van der Waals surface area contributed by atoms with Crippen molar-refractivity contribution < 1.29 is 14.3 Å². The number of rotatable bonds is 1. The molecule has 0 spiro atoms. The Morgan fingerprint density at radius 2 is 2.18 bits per heavy atom. The molecule has 0 saturated heterocycles. The molecule has 0 unspecified atom stereocenters. The van der Waals surface area contributed by atoms with Crippen LogP contribution in [0, 0.1) is 17.8 Å². The molecule has 1 N–H and O–H groups in total. The normalized spacial score (nSPS) is 48.1. The van der Waals surface area contributed by atoms with E-state index in [0.29, 0.717) is 6.42 Å². The minimum atomic E-state index is -0.823. The van der Waals surface area contributed by atoms with E-state index in [2.05, 4.69) is 0 Å². The first kappa shape index (κ1) is 7.07. The average molecular weight is 158 g/mol. The number of aliphatic carboxylic acids is 1. The van der Waals surface area contributed by atoms with Crippen LogP contribution in [-0.4, -0.2) is 17.2 Å². The van der Waals surface area contributed by atoms with Crippen molar-refractivity contribution in [3.05, 3.63) is 0 Å². The van der Waals surface area contributed by atoms with Gasteiger partial charge in [-0.2, -0.15) is 0 Å². The molecule has 0 amide bonds. The van der Waals surface area contributed by atoms with E-state index < -0.39 is 12.1 Å². The summed E-state index contributed by atoms with van der Waals surface area (Å²) in [5, 5.41) is 8.69. The van der Waals surface area contributed by atoms with E-state index in [1.807, 2.05) is 0 Å². The maximum absolute atomic E-state index is 13.1. The van der Waals surface area contributed by atoms with E-state index in [9.17, 15) is 9.18 Å². The van der Waals surface area contributed by atoms with E-state index in [-0.39, 0.29) is 17.8 Å². The molecule has 2 saturated carbocycles. The summed E-state index contributed by atoms with van der Waals surface area (Å²) in [6.45, 7) is 0. The van der Waals surface area contributed by atoms with Crippen molar-refractivity contribution in [2.45, 2.75) is 25.4 Å². The number of carbonyl (C=O) groups is 1. The highest BCUT2D eigenvalue weighted by atomic mass is 19.1. The fourth-order valence-corrected chi connectivity index (χ4v) is 2.53. The third kappa shape index (κ3) is 0.865. The standard InChI is InChI=1S/C8H11FO2/c9-7-4-1-2-5(7)6(3-4)8(10)11/h4-7H,1-3H2,(H,10,11)/t4-,5-,6+,7-/m1/s1. The van der Waals surface area contributed by atoms with Gasteiger partial charge in [-0.15, -0.1) is 0 Å². The largest absolute Gasteiger partial charge is 0.481 e. The molecule has 0 heterocycles. The zero-order chi connectivity index (χ0) is 8.01. The number of carboxylic acids is 1. The Kier molecular flexibility index (Phi) is 1.41. The minimum absolute atomic E-state index is 0.0566. The van der Waals surface area contributed by atoms with Gasteiger partial charge < -0.3 is 5.11 Å². The molecule has 62 valence electrons. The Hall–Kier alpha value is -0.600. The number of halogens is 1. The molecule has 4 atom stereocenters. The van der Waals surface area contributed by atoms with Crippen LogP contribution in [0.15, 0.2) is 0 Å². The van der Waals surface area contributed by atoms with Gasteiger partial charge in [-0.1, -0.05) is 0 Å². The Labute approximate surface area is 64.4 Å². The van der Waals surface area contributed by atoms with Crippen molar-refractivity contribution in [2.24, 2.45) is 17.8 Å². The summed E-state index contributed by atoms with van der Waals surface area (Å²) in [7, 11) is 0. The van der Waals surface area contributed by atoms with Crippen LogP contribution in [0.2, 0.25) is 0 Å². The second-order valence-corrected chi connectivity index (χ2v) is 3.63. The molecule has 0 aromatic heterocycles. The molecule has 2 aliphatic carbocycles. The molecule has 2 bridgehead atoms. The van der Waals surface area contributed by atoms with Gasteiger partial charge in [0.15, 0.2) is 0 Å². The zero-order valence-electron chi connectivity index (χ0n) is 6.16. The molecule has 2 aliphatic rings. The molecule has 11 heavy (non-hydrogen) atoms. The molecular formula is C8H11FO2. The molecule has 3 heteroatoms. The van der Waals surface area contributed by atoms with Gasteiger partial charge in [0.25, 0.3) is 0 Å². The van der Waals surface area contributed by atoms with Gasteiger partial charge in [0.1, 0.15) is 6.17 Å². The lowest BCUT2D eigenvalue weighted by molar-refractivity contribution is -0.143. The molecule has 0 aromatic rings. The summed E-state index contributed by atoms with van der Waals surface area (Å²) < 4.78 is 13.1. The second-order valence-electron chi connectivity index (χ2n) is 3.63. The molecule has 2 rings (SSSR count). The van der Waals surface area contributed by atoms with Gasteiger partial charge >= 0.3 is 5.97 Å². The topological polar surface area (TPSA) is 37.3 Å². The summed E-state index contributed by atoms with van der Waals surface area (Å²) in [5.41, 5.74) is 0. The van der Waals surface area contributed by atoms with Crippen molar-refractivity contribution in [1.82, 2.24) is 0 Å².